The molecule has 0 amide bonds. The summed E-state index contributed by atoms with van der Waals surface area (Å²) in [6.45, 7) is 10.6. The van der Waals surface area contributed by atoms with Gasteiger partial charge in [0, 0.05) is 108 Å². The Kier molecular flexibility index (Phi) is 23.8. The zero-order valence-corrected chi connectivity index (χ0v) is 59.7. The van der Waals surface area contributed by atoms with Crippen LogP contribution in [0.2, 0.25) is 0 Å². The third-order valence-corrected chi connectivity index (χ3v) is 23.7. The van der Waals surface area contributed by atoms with E-state index in [9.17, 15) is 0 Å². The number of pyridine rings is 5. The Hall–Kier alpha value is -11.0. The van der Waals surface area contributed by atoms with Crippen molar-refractivity contribution < 1.29 is 0 Å². The Morgan fingerprint density at radius 3 is 0.905 bits per heavy atom. The summed E-state index contributed by atoms with van der Waals surface area (Å²) < 4.78 is 6.53. The molecule has 0 unspecified atom stereocenters. The maximum absolute atomic E-state index is 4.49. The molecule has 0 saturated carbocycles. The highest BCUT2D eigenvalue weighted by atomic mass is 32.1. The third kappa shape index (κ3) is 15.8. The van der Waals surface area contributed by atoms with Gasteiger partial charge in [-0.2, -0.15) is 0 Å². The lowest BCUT2D eigenvalue weighted by Gasteiger charge is -2.05. The zero-order chi connectivity index (χ0) is 67.6. The number of aryl methyl sites for hydroxylation is 5. The molecule has 10 aromatic carbocycles. The second kappa shape index (κ2) is 33.2. The molecular weight excluding hydrogens is 1370 g/mol. The van der Waals surface area contributed by atoms with E-state index in [4.69, 9.17) is 0 Å². The van der Waals surface area contributed by atoms with Crippen molar-refractivity contribution in [2.75, 3.05) is 0 Å². The molecule has 0 atom stereocenters. The molecule has 0 fully saturated rings. The maximum atomic E-state index is 4.49. The fourth-order valence-corrected chi connectivity index (χ4v) is 18.2. The number of nitrogens with zero attached hydrogens (tertiary/aromatic N) is 5. The van der Waals surface area contributed by atoms with Gasteiger partial charge in [0.1, 0.15) is 24.2 Å². The van der Waals surface area contributed by atoms with Crippen LogP contribution in [0.25, 0.3) is 157 Å². The van der Waals surface area contributed by atoms with Gasteiger partial charge in [-0.15, -0.1) is 56.7 Å². The molecule has 5 nitrogen and oxygen atoms in total. The predicted octanol–water partition coefficient (Wildman–Crippen LogP) is 30.3. The van der Waals surface area contributed by atoms with Gasteiger partial charge in [0.05, 0.1) is 0 Å². The van der Waals surface area contributed by atoms with E-state index in [1.54, 1.807) is 56.7 Å². The molecule has 10 heteroatoms. The topological polar surface area (TPSA) is 64.5 Å². The molecule has 0 aliphatic carbocycles. The van der Waals surface area contributed by atoms with Crippen LogP contribution in [0.5, 0.6) is 0 Å². The van der Waals surface area contributed by atoms with Crippen molar-refractivity contribution in [1.82, 2.24) is 24.9 Å². The van der Waals surface area contributed by atoms with E-state index in [1.165, 1.54) is 161 Å². The van der Waals surface area contributed by atoms with Gasteiger partial charge in [-0.25, -0.2) is 24.9 Å². The van der Waals surface area contributed by atoms with E-state index in [-0.39, 0.29) is 37.1 Å². The minimum Gasteiger partial charge on any atom is -0.245 e. The highest BCUT2D eigenvalue weighted by Crippen LogP contribution is 2.42. The second-order valence-electron chi connectivity index (χ2n) is 25.1. The molecule has 520 valence electrons. The van der Waals surface area contributed by atoms with Gasteiger partial charge >= 0.3 is 0 Å². The first kappa shape index (κ1) is 75.2. The summed E-state index contributed by atoms with van der Waals surface area (Å²) in [5.41, 5.74) is 19.2. The van der Waals surface area contributed by atoms with Crippen LogP contribution in [0, 0.1) is 34.6 Å². The maximum Gasteiger partial charge on any atom is 0.124 e. The van der Waals surface area contributed by atoms with Crippen LogP contribution in [0.3, 0.4) is 0 Å². The SMILES string of the molecule is C.C.C.C.C.Cc1ccc(-c2ccc3sc4ncccc4c3c2)cc1.Cc1ccc(-c2ccc3sc4ncccc4c3c2)cc1.Cc1ccc(-c2cccc3c2sc2ncccc23)cc1.Cc1cccc(-c2ccc3sc4ncccc4c3c2)c1.Cc1ccccc1-c1ccc2sc3ncccc3c2c1. The fraction of sp³-hybridized carbons (Fsp3) is 0.105. The molecule has 0 saturated heterocycles. The molecule has 0 aliphatic heterocycles. The van der Waals surface area contributed by atoms with Gasteiger partial charge in [-0.3, -0.25) is 0 Å². The average Bonchev–Trinajstić information content (AvgIpc) is 1.62. The van der Waals surface area contributed by atoms with Crippen LogP contribution in [0.15, 0.2) is 304 Å². The molecule has 0 aliphatic rings. The Morgan fingerprint density at radius 1 is 0.200 bits per heavy atom. The average molecular weight is 1460 g/mol. The van der Waals surface area contributed by atoms with E-state index >= 15 is 0 Å². The van der Waals surface area contributed by atoms with Crippen molar-refractivity contribution in [2.24, 2.45) is 0 Å². The Balaban J connectivity index is 0.000000130. The highest BCUT2D eigenvalue weighted by molar-refractivity contribution is 7.27. The summed E-state index contributed by atoms with van der Waals surface area (Å²) >= 11 is 8.81. The molecule has 0 radical (unpaired) electrons. The number of benzene rings is 10. The summed E-state index contributed by atoms with van der Waals surface area (Å²) in [6.07, 6.45) is 9.31. The molecule has 0 bridgehead atoms. The van der Waals surface area contributed by atoms with Crippen molar-refractivity contribution in [2.45, 2.75) is 71.8 Å². The molecular formula is C95H85N5S5. The van der Waals surface area contributed by atoms with Crippen LogP contribution >= 0.6 is 56.7 Å². The van der Waals surface area contributed by atoms with Crippen molar-refractivity contribution in [3.63, 3.8) is 0 Å². The van der Waals surface area contributed by atoms with Crippen LogP contribution in [0.1, 0.15) is 65.0 Å². The first-order valence-electron chi connectivity index (χ1n) is 33.3. The van der Waals surface area contributed by atoms with Gasteiger partial charge in [-0.05, 0) is 205 Å². The predicted molar refractivity (Wildman–Crippen MR) is 470 cm³/mol. The fourth-order valence-electron chi connectivity index (χ4n) is 13.0. The van der Waals surface area contributed by atoms with Crippen molar-refractivity contribution in [3.05, 3.63) is 332 Å². The Bertz CT molecular complexity index is 6190. The molecule has 0 spiro atoms. The lowest BCUT2D eigenvalue weighted by molar-refractivity contribution is 1.45. The van der Waals surface area contributed by atoms with Gasteiger partial charge in [0.25, 0.3) is 0 Å². The summed E-state index contributed by atoms with van der Waals surface area (Å²) in [6, 6.07) is 97.4. The normalized spacial score (nSPS) is 10.7. The smallest absolute Gasteiger partial charge is 0.124 e. The van der Waals surface area contributed by atoms with E-state index in [0.29, 0.717) is 0 Å². The second-order valence-corrected chi connectivity index (χ2v) is 30.2. The highest BCUT2D eigenvalue weighted by Gasteiger charge is 2.14. The Morgan fingerprint density at radius 2 is 0.505 bits per heavy atom. The summed E-state index contributed by atoms with van der Waals surface area (Å²) in [5.74, 6) is 0. The number of rotatable bonds is 5. The zero-order valence-electron chi connectivity index (χ0n) is 55.6. The van der Waals surface area contributed by atoms with Gasteiger partial charge < -0.3 is 0 Å². The monoisotopic (exact) mass is 1460 g/mol. The van der Waals surface area contributed by atoms with Crippen molar-refractivity contribution in [3.8, 4) is 55.6 Å². The van der Waals surface area contributed by atoms with Gasteiger partial charge in [-0.1, -0.05) is 223 Å². The summed E-state index contributed by atoms with van der Waals surface area (Å²) in [4.78, 5) is 27.9. The van der Waals surface area contributed by atoms with Crippen molar-refractivity contribution in [1.29, 1.82) is 0 Å². The Labute approximate surface area is 637 Å². The van der Waals surface area contributed by atoms with Gasteiger partial charge in [0.2, 0.25) is 0 Å². The van der Waals surface area contributed by atoms with E-state index in [1.807, 2.05) is 61.3 Å². The number of thiophene rings is 5. The molecule has 20 aromatic rings. The minimum atomic E-state index is 0. The van der Waals surface area contributed by atoms with E-state index in [2.05, 4.69) is 302 Å². The standard InChI is InChI=1S/5C18H13NS.5CH4/c1-12-7-9-13(10-8-12)14-4-2-5-15-16-6-3-11-19-18(16)20-17(14)15;1-12-4-2-5-13(10-12)14-7-8-17-16(11-14)15-6-3-9-19-18(15)20-17;2*1-12-4-6-13(7-5-12)14-8-9-17-16(11-14)15-3-2-10-19-18(15)20-17;1-12-5-2-3-6-14(12)13-8-9-17-16(11-13)15-7-4-10-19-18(15)20-17;;;;;/h5*2-11H,1H3;5*1H4. The first-order valence-corrected chi connectivity index (χ1v) is 37.4. The summed E-state index contributed by atoms with van der Waals surface area (Å²) in [7, 11) is 0. The van der Waals surface area contributed by atoms with Crippen molar-refractivity contribution >= 4 is 158 Å². The number of aromatic nitrogens is 5. The van der Waals surface area contributed by atoms with Gasteiger partial charge in [0.15, 0.2) is 0 Å². The largest absolute Gasteiger partial charge is 0.245 e. The van der Waals surface area contributed by atoms with Crippen LogP contribution in [-0.4, -0.2) is 24.9 Å². The molecule has 105 heavy (non-hydrogen) atoms. The number of hydrogen-bond acceptors (Lipinski definition) is 10. The molecule has 0 N–H and O–H groups in total. The lowest BCUT2D eigenvalue weighted by Crippen LogP contribution is -1.81. The summed E-state index contributed by atoms with van der Waals surface area (Å²) in [5, 5.41) is 12.8. The molecule has 10 aromatic heterocycles. The minimum absolute atomic E-state index is 0. The van der Waals surface area contributed by atoms with E-state index in [0.717, 1.165) is 24.2 Å². The third-order valence-electron chi connectivity index (χ3n) is 18.2. The molecule has 10 heterocycles. The number of hydrogen-bond donors (Lipinski definition) is 0. The lowest BCUT2D eigenvalue weighted by atomic mass is 9.99. The van der Waals surface area contributed by atoms with Crippen LogP contribution in [-0.2, 0) is 0 Å². The van der Waals surface area contributed by atoms with Crippen LogP contribution < -0.4 is 0 Å². The van der Waals surface area contributed by atoms with Crippen LogP contribution in [0.4, 0.5) is 0 Å². The first-order chi connectivity index (χ1) is 49.1. The van der Waals surface area contributed by atoms with E-state index < -0.39 is 0 Å². The number of fused-ring (bicyclic) bond motifs is 15. The molecule has 20 rings (SSSR count). The quantitative estimate of drug-likeness (QED) is 0.172.